The van der Waals surface area contributed by atoms with Gasteiger partial charge >= 0.3 is 11.9 Å². The summed E-state index contributed by atoms with van der Waals surface area (Å²) in [6.07, 6.45) is 18.6. The van der Waals surface area contributed by atoms with Gasteiger partial charge < -0.3 is 4.74 Å². The van der Waals surface area contributed by atoms with Crippen LogP contribution in [0.2, 0.25) is 0 Å². The van der Waals surface area contributed by atoms with Gasteiger partial charge in [0.15, 0.2) is 0 Å². The SMILES string of the molecule is CCCCCCCCCCC[C@H](CC(=O)OC(=O)CCCCCCC)c1ccccc1. The summed E-state index contributed by atoms with van der Waals surface area (Å²) in [6.45, 7) is 4.42. The maximum absolute atomic E-state index is 12.4. The summed E-state index contributed by atoms with van der Waals surface area (Å²) >= 11 is 0. The van der Waals surface area contributed by atoms with E-state index in [2.05, 4.69) is 26.0 Å². The van der Waals surface area contributed by atoms with Crippen LogP contribution >= 0.6 is 0 Å². The third-order valence-corrected chi connectivity index (χ3v) is 6.05. The molecule has 1 aromatic rings. The molecular weight excluding hydrogens is 384 g/mol. The molecule has 0 heterocycles. The number of esters is 2. The molecule has 1 aromatic carbocycles. The van der Waals surface area contributed by atoms with Gasteiger partial charge in [-0.25, -0.2) is 0 Å². The Morgan fingerprint density at radius 2 is 1.19 bits per heavy atom. The molecule has 3 heteroatoms. The number of carbonyl (C=O) groups is 2. The van der Waals surface area contributed by atoms with Gasteiger partial charge in [0.1, 0.15) is 0 Å². The molecule has 0 saturated carbocycles. The first kappa shape index (κ1) is 27.4. The second kappa shape index (κ2) is 19.1. The Hall–Kier alpha value is -1.64. The molecule has 0 aromatic heterocycles. The summed E-state index contributed by atoms with van der Waals surface area (Å²) < 4.78 is 5.12. The number of ether oxygens (including phenoxy) is 1. The second-order valence-corrected chi connectivity index (χ2v) is 8.94. The Morgan fingerprint density at radius 1 is 0.677 bits per heavy atom. The number of benzene rings is 1. The number of carbonyl (C=O) groups excluding carboxylic acids is 2. The van der Waals surface area contributed by atoms with Gasteiger partial charge in [-0.2, -0.15) is 0 Å². The minimum absolute atomic E-state index is 0.135. The molecule has 0 bridgehead atoms. The Morgan fingerprint density at radius 3 is 1.77 bits per heavy atom. The lowest BCUT2D eigenvalue weighted by Gasteiger charge is -2.16. The van der Waals surface area contributed by atoms with Crippen molar-refractivity contribution in [3.8, 4) is 0 Å². The molecular formula is C28H46O3. The van der Waals surface area contributed by atoms with Crippen LogP contribution in [-0.4, -0.2) is 11.9 Å². The van der Waals surface area contributed by atoms with E-state index in [1.807, 2.05) is 18.2 Å². The fourth-order valence-corrected chi connectivity index (χ4v) is 4.11. The van der Waals surface area contributed by atoms with Crippen molar-refractivity contribution in [3.05, 3.63) is 35.9 Å². The van der Waals surface area contributed by atoms with Crippen LogP contribution in [0, 0.1) is 0 Å². The minimum atomic E-state index is -0.372. The molecule has 1 rings (SSSR count). The quantitative estimate of drug-likeness (QED) is 0.125. The van der Waals surface area contributed by atoms with Crippen molar-refractivity contribution in [2.75, 3.05) is 0 Å². The zero-order valence-electron chi connectivity index (χ0n) is 20.2. The van der Waals surface area contributed by atoms with Gasteiger partial charge in [-0.15, -0.1) is 0 Å². The first-order chi connectivity index (χ1) is 15.2. The molecule has 0 fully saturated rings. The van der Waals surface area contributed by atoms with E-state index in [1.54, 1.807) is 0 Å². The maximum atomic E-state index is 12.4. The largest absolute Gasteiger partial charge is 0.393 e. The lowest BCUT2D eigenvalue weighted by molar-refractivity contribution is -0.160. The van der Waals surface area contributed by atoms with Gasteiger partial charge in [-0.3, -0.25) is 9.59 Å². The van der Waals surface area contributed by atoms with E-state index < -0.39 is 0 Å². The molecule has 0 unspecified atom stereocenters. The van der Waals surface area contributed by atoms with E-state index in [1.165, 1.54) is 69.8 Å². The van der Waals surface area contributed by atoms with Crippen molar-refractivity contribution in [3.63, 3.8) is 0 Å². The molecule has 0 aliphatic rings. The molecule has 31 heavy (non-hydrogen) atoms. The van der Waals surface area contributed by atoms with Crippen LogP contribution in [0.5, 0.6) is 0 Å². The standard InChI is InChI=1S/C28H46O3/c1-3-5-7-9-10-11-12-14-16-22-26(25-20-17-15-18-21-25)24-28(30)31-27(29)23-19-13-8-6-4-2/h15,17-18,20-21,26H,3-14,16,19,22-24H2,1-2H3/t26-/m1/s1. The van der Waals surface area contributed by atoms with Crippen LogP contribution in [0.3, 0.4) is 0 Å². The number of unbranched alkanes of at least 4 members (excludes halogenated alkanes) is 12. The molecule has 0 aliphatic heterocycles. The molecule has 0 amide bonds. The van der Waals surface area contributed by atoms with Crippen LogP contribution in [0.4, 0.5) is 0 Å². The average molecular weight is 431 g/mol. The van der Waals surface area contributed by atoms with Crippen molar-refractivity contribution in [1.29, 1.82) is 0 Å². The smallest absolute Gasteiger partial charge is 0.314 e. The Balaban J connectivity index is 2.33. The van der Waals surface area contributed by atoms with Gasteiger partial charge in [-0.1, -0.05) is 128 Å². The van der Waals surface area contributed by atoms with Crippen LogP contribution in [0.15, 0.2) is 30.3 Å². The van der Waals surface area contributed by atoms with Gasteiger partial charge in [-0.05, 0) is 24.3 Å². The highest BCUT2D eigenvalue weighted by Crippen LogP contribution is 2.27. The van der Waals surface area contributed by atoms with Crippen molar-refractivity contribution in [1.82, 2.24) is 0 Å². The van der Waals surface area contributed by atoms with Gasteiger partial charge in [0.25, 0.3) is 0 Å². The van der Waals surface area contributed by atoms with E-state index in [9.17, 15) is 9.59 Å². The summed E-state index contributed by atoms with van der Waals surface area (Å²) in [5, 5.41) is 0. The summed E-state index contributed by atoms with van der Waals surface area (Å²) in [5.74, 6) is -0.602. The number of rotatable bonds is 19. The predicted octanol–water partition coefficient (Wildman–Crippen LogP) is 8.51. The van der Waals surface area contributed by atoms with Crippen LogP contribution in [0.25, 0.3) is 0 Å². The zero-order chi connectivity index (χ0) is 22.6. The lowest BCUT2D eigenvalue weighted by atomic mass is 9.90. The van der Waals surface area contributed by atoms with Crippen LogP contribution < -0.4 is 0 Å². The summed E-state index contributed by atoms with van der Waals surface area (Å²) in [4.78, 5) is 24.4. The highest BCUT2D eigenvalue weighted by atomic mass is 16.6. The first-order valence-electron chi connectivity index (χ1n) is 13.0. The van der Waals surface area contributed by atoms with Crippen molar-refractivity contribution in [2.24, 2.45) is 0 Å². The summed E-state index contributed by atoms with van der Waals surface area (Å²) in [7, 11) is 0. The highest BCUT2D eigenvalue weighted by Gasteiger charge is 2.19. The monoisotopic (exact) mass is 430 g/mol. The van der Waals surface area contributed by atoms with Crippen molar-refractivity contribution >= 4 is 11.9 Å². The van der Waals surface area contributed by atoms with Crippen LogP contribution in [-0.2, 0) is 14.3 Å². The van der Waals surface area contributed by atoms with E-state index >= 15 is 0 Å². The molecule has 3 nitrogen and oxygen atoms in total. The third kappa shape index (κ3) is 14.9. The zero-order valence-corrected chi connectivity index (χ0v) is 20.2. The van der Waals surface area contributed by atoms with E-state index in [0.29, 0.717) is 12.8 Å². The average Bonchev–Trinajstić information content (AvgIpc) is 2.77. The predicted molar refractivity (Wildman–Crippen MR) is 130 cm³/mol. The third-order valence-electron chi connectivity index (χ3n) is 6.05. The first-order valence-corrected chi connectivity index (χ1v) is 13.0. The van der Waals surface area contributed by atoms with E-state index in [0.717, 1.165) is 32.1 Å². The lowest BCUT2D eigenvalue weighted by Crippen LogP contribution is -2.15. The summed E-state index contributed by atoms with van der Waals surface area (Å²) in [6, 6.07) is 10.2. The second-order valence-electron chi connectivity index (χ2n) is 8.94. The number of hydrogen-bond donors (Lipinski definition) is 0. The van der Waals surface area contributed by atoms with Crippen molar-refractivity contribution < 1.29 is 14.3 Å². The fraction of sp³-hybridized carbons (Fsp3) is 0.714. The molecule has 0 radical (unpaired) electrons. The molecule has 176 valence electrons. The van der Waals surface area contributed by atoms with Crippen LogP contribution in [0.1, 0.15) is 134 Å². The molecule has 1 atom stereocenters. The van der Waals surface area contributed by atoms with Gasteiger partial charge in [0, 0.05) is 6.42 Å². The van der Waals surface area contributed by atoms with Gasteiger partial charge in [0.2, 0.25) is 0 Å². The Bertz CT molecular complexity index is 567. The highest BCUT2D eigenvalue weighted by molar-refractivity contribution is 5.85. The molecule has 0 spiro atoms. The van der Waals surface area contributed by atoms with Crippen molar-refractivity contribution in [2.45, 2.75) is 129 Å². The molecule has 0 aliphatic carbocycles. The number of hydrogen-bond acceptors (Lipinski definition) is 3. The Kier molecular flexibility index (Phi) is 16.9. The molecule has 0 saturated heterocycles. The molecule has 0 N–H and O–H groups in total. The normalized spacial score (nSPS) is 11.9. The van der Waals surface area contributed by atoms with Gasteiger partial charge in [0.05, 0.1) is 6.42 Å². The maximum Gasteiger partial charge on any atom is 0.314 e. The van der Waals surface area contributed by atoms with E-state index in [4.69, 9.17) is 4.74 Å². The summed E-state index contributed by atoms with van der Waals surface area (Å²) in [5.41, 5.74) is 1.17. The van der Waals surface area contributed by atoms with E-state index in [-0.39, 0.29) is 17.9 Å². The Labute approximate surface area is 191 Å². The topological polar surface area (TPSA) is 43.4 Å². The minimum Gasteiger partial charge on any atom is -0.393 e. The fourth-order valence-electron chi connectivity index (χ4n) is 4.11.